The molecule has 2 heterocycles. The van der Waals surface area contributed by atoms with Gasteiger partial charge in [0.25, 0.3) is 0 Å². The number of aromatic nitrogens is 2. The van der Waals surface area contributed by atoms with Gasteiger partial charge >= 0.3 is 15.2 Å². The summed E-state index contributed by atoms with van der Waals surface area (Å²) >= 11 is 0. The number of pyridine rings is 2. The van der Waals surface area contributed by atoms with Gasteiger partial charge < -0.3 is 18.1 Å². The van der Waals surface area contributed by atoms with Gasteiger partial charge in [0.05, 0.1) is 50.1 Å². The summed E-state index contributed by atoms with van der Waals surface area (Å²) in [5, 5.41) is 0. The summed E-state index contributed by atoms with van der Waals surface area (Å²) in [5.74, 6) is 0. The maximum absolute atomic E-state index is 12.7. The van der Waals surface area contributed by atoms with E-state index in [-0.39, 0.29) is 12.3 Å². The van der Waals surface area contributed by atoms with Gasteiger partial charge in [-0.15, -0.1) is 0 Å². The lowest BCUT2D eigenvalue weighted by atomic mass is 10.2. The van der Waals surface area contributed by atoms with E-state index in [0.717, 1.165) is 11.1 Å². The molecule has 0 bridgehead atoms. The lowest BCUT2D eigenvalue weighted by Crippen LogP contribution is -2.00. The van der Waals surface area contributed by atoms with Crippen molar-refractivity contribution in [1.29, 1.82) is 0 Å². The monoisotopic (exact) mass is 456 g/mol. The van der Waals surface area contributed by atoms with Gasteiger partial charge in [-0.25, -0.2) is 0 Å². The molecular formula is C20H30N2O6P2. The normalized spacial score (nSPS) is 12.3. The topological polar surface area (TPSA) is 96.8 Å². The Morgan fingerprint density at radius 2 is 0.967 bits per heavy atom. The largest absolute Gasteiger partial charge is 0.335 e. The Balaban J connectivity index is 2.10. The summed E-state index contributed by atoms with van der Waals surface area (Å²) in [6.45, 7) is 8.40. The molecule has 8 nitrogen and oxygen atoms in total. The van der Waals surface area contributed by atoms with Gasteiger partial charge in [-0.2, -0.15) is 0 Å². The summed E-state index contributed by atoms with van der Waals surface area (Å²) in [6.07, 6.45) is 3.62. The predicted molar refractivity (Wildman–Crippen MR) is 117 cm³/mol. The van der Waals surface area contributed by atoms with Gasteiger partial charge in [-0.05, 0) is 51.0 Å². The lowest BCUT2D eigenvalue weighted by Gasteiger charge is -2.17. The van der Waals surface area contributed by atoms with Crippen molar-refractivity contribution in [3.05, 3.63) is 47.8 Å². The number of hydrogen-bond donors (Lipinski definition) is 0. The molecule has 0 saturated heterocycles. The summed E-state index contributed by atoms with van der Waals surface area (Å²) in [6, 6.07) is 7.29. The molecule has 0 N–H and O–H groups in total. The molecule has 30 heavy (non-hydrogen) atoms. The molecule has 0 unspecified atom stereocenters. The molecule has 0 saturated carbocycles. The van der Waals surface area contributed by atoms with Gasteiger partial charge in [0.15, 0.2) is 0 Å². The van der Waals surface area contributed by atoms with E-state index in [1.54, 1.807) is 40.1 Å². The maximum Gasteiger partial charge on any atom is 0.335 e. The van der Waals surface area contributed by atoms with Crippen molar-refractivity contribution >= 4 is 15.2 Å². The fourth-order valence-electron chi connectivity index (χ4n) is 2.83. The van der Waals surface area contributed by atoms with Gasteiger partial charge in [0.1, 0.15) is 0 Å². The van der Waals surface area contributed by atoms with Crippen molar-refractivity contribution in [2.24, 2.45) is 0 Å². The van der Waals surface area contributed by atoms with Crippen LogP contribution in [-0.2, 0) is 39.5 Å². The molecule has 0 amide bonds. The highest BCUT2D eigenvalue weighted by molar-refractivity contribution is 7.53. The first kappa shape index (κ1) is 24.9. The number of nitrogens with zero attached hydrogens (tertiary/aromatic N) is 2. The Kier molecular flexibility index (Phi) is 9.82. The van der Waals surface area contributed by atoms with Crippen LogP contribution in [0.1, 0.15) is 38.8 Å². The highest BCUT2D eigenvalue weighted by Gasteiger charge is 2.25. The second-order valence-electron chi connectivity index (χ2n) is 6.31. The van der Waals surface area contributed by atoms with Crippen LogP contribution in [0.15, 0.2) is 36.7 Å². The van der Waals surface area contributed by atoms with Crippen molar-refractivity contribution in [2.75, 3.05) is 26.4 Å². The molecule has 0 fully saturated rings. The average Bonchev–Trinajstić information content (AvgIpc) is 2.70. The van der Waals surface area contributed by atoms with Crippen LogP contribution >= 0.6 is 15.2 Å². The Hall–Kier alpha value is -1.40. The average molecular weight is 456 g/mol. The van der Waals surface area contributed by atoms with E-state index in [9.17, 15) is 9.13 Å². The third-order valence-corrected chi connectivity index (χ3v) is 8.08. The first-order valence-electron chi connectivity index (χ1n) is 10.0. The summed E-state index contributed by atoms with van der Waals surface area (Å²) < 4.78 is 46.6. The minimum atomic E-state index is -3.17. The fourth-order valence-corrected chi connectivity index (χ4v) is 6.19. The van der Waals surface area contributed by atoms with Crippen molar-refractivity contribution < 1.29 is 27.2 Å². The Morgan fingerprint density at radius 3 is 1.20 bits per heavy atom. The van der Waals surface area contributed by atoms with Crippen LogP contribution in [0.5, 0.6) is 0 Å². The van der Waals surface area contributed by atoms with Crippen molar-refractivity contribution in [3.63, 3.8) is 0 Å². The molecular weight excluding hydrogens is 426 g/mol. The highest BCUT2D eigenvalue weighted by Crippen LogP contribution is 2.52. The summed E-state index contributed by atoms with van der Waals surface area (Å²) in [4.78, 5) is 8.84. The van der Waals surface area contributed by atoms with Crippen molar-refractivity contribution in [3.8, 4) is 11.4 Å². The zero-order chi connectivity index (χ0) is 22.0. The summed E-state index contributed by atoms with van der Waals surface area (Å²) in [7, 11) is -6.35. The Bertz CT molecular complexity index is 780. The SMILES string of the molecule is CCOP(=O)(Cc1ccc(-c2ccc(CP(=O)(OCC)OCC)cn2)nc1)OCC. The third-order valence-electron chi connectivity index (χ3n) is 3.97. The van der Waals surface area contributed by atoms with E-state index in [1.165, 1.54) is 0 Å². The van der Waals surface area contributed by atoms with Gasteiger partial charge in [0, 0.05) is 12.4 Å². The summed E-state index contributed by atoms with van der Waals surface area (Å²) in [5.41, 5.74) is 2.86. The van der Waals surface area contributed by atoms with E-state index in [4.69, 9.17) is 18.1 Å². The van der Waals surface area contributed by atoms with E-state index in [1.807, 2.05) is 24.3 Å². The van der Waals surface area contributed by atoms with Crippen molar-refractivity contribution in [1.82, 2.24) is 9.97 Å². The maximum atomic E-state index is 12.7. The van der Waals surface area contributed by atoms with Crippen LogP contribution in [0, 0.1) is 0 Å². The molecule has 0 spiro atoms. The quantitative estimate of drug-likeness (QED) is 0.356. The molecule has 0 aliphatic rings. The van der Waals surface area contributed by atoms with Crippen LogP contribution in [0.4, 0.5) is 0 Å². The molecule has 2 aromatic heterocycles. The van der Waals surface area contributed by atoms with E-state index >= 15 is 0 Å². The molecule has 0 aliphatic heterocycles. The lowest BCUT2D eigenvalue weighted by molar-refractivity contribution is 0.218. The molecule has 10 heteroatoms. The Labute approximate surface area is 178 Å². The smallest absolute Gasteiger partial charge is 0.309 e. The molecule has 2 rings (SSSR count). The molecule has 166 valence electrons. The number of hydrogen-bond acceptors (Lipinski definition) is 8. The molecule has 0 atom stereocenters. The highest BCUT2D eigenvalue weighted by atomic mass is 31.2. The zero-order valence-electron chi connectivity index (χ0n) is 17.9. The minimum Gasteiger partial charge on any atom is -0.309 e. The molecule has 0 aromatic carbocycles. The van der Waals surface area contributed by atoms with Crippen LogP contribution < -0.4 is 0 Å². The van der Waals surface area contributed by atoms with Crippen LogP contribution in [0.2, 0.25) is 0 Å². The standard InChI is InChI=1S/C20H30N2O6P2/c1-5-25-29(23,26-6-2)15-17-9-11-19(21-13-17)20-12-10-18(14-22-20)16-30(24,27-7-3)28-8-4/h9-14H,5-8,15-16H2,1-4H3. The van der Waals surface area contributed by atoms with Gasteiger partial charge in [-0.1, -0.05) is 12.1 Å². The first-order valence-corrected chi connectivity index (χ1v) is 13.5. The van der Waals surface area contributed by atoms with E-state index in [2.05, 4.69) is 9.97 Å². The van der Waals surface area contributed by atoms with E-state index in [0.29, 0.717) is 37.8 Å². The Morgan fingerprint density at radius 1 is 0.633 bits per heavy atom. The van der Waals surface area contributed by atoms with Gasteiger partial charge in [0.2, 0.25) is 0 Å². The molecule has 0 aliphatic carbocycles. The third kappa shape index (κ3) is 7.38. The first-order chi connectivity index (χ1) is 14.4. The van der Waals surface area contributed by atoms with Crippen molar-refractivity contribution in [2.45, 2.75) is 40.0 Å². The second kappa shape index (κ2) is 11.8. The second-order valence-corrected chi connectivity index (χ2v) is 10.4. The number of rotatable bonds is 13. The minimum absolute atomic E-state index is 0.165. The van der Waals surface area contributed by atoms with E-state index < -0.39 is 15.2 Å². The van der Waals surface area contributed by atoms with Crippen LogP contribution in [-0.4, -0.2) is 36.4 Å². The van der Waals surface area contributed by atoms with Gasteiger partial charge in [-0.3, -0.25) is 19.1 Å². The fraction of sp³-hybridized carbons (Fsp3) is 0.500. The van der Waals surface area contributed by atoms with Crippen LogP contribution in [0.25, 0.3) is 11.4 Å². The predicted octanol–water partition coefficient (Wildman–Crippen LogP) is 5.68. The van der Waals surface area contributed by atoms with Crippen LogP contribution in [0.3, 0.4) is 0 Å². The zero-order valence-corrected chi connectivity index (χ0v) is 19.7. The molecule has 0 radical (unpaired) electrons. The molecule has 2 aromatic rings.